The van der Waals surface area contributed by atoms with Gasteiger partial charge in [-0.1, -0.05) is 158 Å². The van der Waals surface area contributed by atoms with Crippen LogP contribution in [0.2, 0.25) is 0 Å². The Morgan fingerprint density at radius 2 is 1.09 bits per heavy atom. The monoisotopic (exact) mass is 690 g/mol. The number of hydrogen-bond donors (Lipinski definition) is 0. The number of hydrogen-bond acceptors (Lipinski definition) is 3. The molecule has 7 aromatic carbocycles. The van der Waals surface area contributed by atoms with E-state index in [0.29, 0.717) is 5.95 Å². The van der Waals surface area contributed by atoms with Crippen LogP contribution in [0.5, 0.6) is 0 Å². The number of allylic oxidation sites excluding steroid dienone is 2. The molecule has 0 N–H and O–H groups in total. The predicted octanol–water partition coefficient (Wildman–Crippen LogP) is 12.3. The van der Waals surface area contributed by atoms with Crippen molar-refractivity contribution in [3.63, 3.8) is 0 Å². The van der Waals surface area contributed by atoms with Gasteiger partial charge in [-0.3, -0.25) is 4.57 Å². The molecule has 9 aromatic rings. The molecular formula is C50H34N4. The molecular weight excluding hydrogens is 657 g/mol. The highest BCUT2D eigenvalue weighted by Crippen LogP contribution is 2.50. The Morgan fingerprint density at radius 3 is 1.89 bits per heavy atom. The fourth-order valence-corrected chi connectivity index (χ4v) is 8.66. The SMILES string of the molecule is C1=CC2C(C=C1c1ccc3c(c1)c1ccccc1n3-c1nc(-c3ccccc3)cc(-c3ccccc3)n1)c1ccccc1N2c1cccc2ccccc12. The summed E-state index contributed by atoms with van der Waals surface area (Å²) in [5.74, 6) is 0.882. The van der Waals surface area contributed by atoms with Gasteiger partial charge in [0.25, 0.3) is 0 Å². The zero-order valence-corrected chi connectivity index (χ0v) is 29.4. The summed E-state index contributed by atoms with van der Waals surface area (Å²) in [6, 6.07) is 62.8. The number of benzene rings is 7. The van der Waals surface area contributed by atoms with Gasteiger partial charge in [0.15, 0.2) is 0 Å². The van der Waals surface area contributed by atoms with Gasteiger partial charge in [0.05, 0.1) is 28.5 Å². The van der Waals surface area contributed by atoms with Gasteiger partial charge in [-0.2, -0.15) is 0 Å². The van der Waals surface area contributed by atoms with Crippen LogP contribution < -0.4 is 4.90 Å². The lowest BCUT2D eigenvalue weighted by Crippen LogP contribution is -2.29. The quantitative estimate of drug-likeness (QED) is 0.180. The molecule has 1 aliphatic heterocycles. The van der Waals surface area contributed by atoms with Gasteiger partial charge in [0.1, 0.15) is 0 Å². The average molecular weight is 691 g/mol. The number of para-hydroxylation sites is 2. The third-order valence-corrected chi connectivity index (χ3v) is 11.1. The van der Waals surface area contributed by atoms with E-state index in [1.165, 1.54) is 49.6 Å². The molecule has 0 fully saturated rings. The first-order valence-corrected chi connectivity index (χ1v) is 18.6. The molecule has 54 heavy (non-hydrogen) atoms. The maximum absolute atomic E-state index is 5.22. The molecule has 4 heteroatoms. The van der Waals surface area contributed by atoms with Crippen LogP contribution in [0.25, 0.3) is 66.6 Å². The van der Waals surface area contributed by atoms with Crippen molar-refractivity contribution in [2.24, 2.45) is 0 Å². The van der Waals surface area contributed by atoms with Crippen LogP contribution in [0.3, 0.4) is 0 Å². The van der Waals surface area contributed by atoms with E-state index in [1.807, 2.05) is 12.1 Å². The summed E-state index contributed by atoms with van der Waals surface area (Å²) < 4.78 is 2.23. The molecule has 2 aromatic heterocycles. The van der Waals surface area contributed by atoms with E-state index in [1.54, 1.807) is 0 Å². The molecule has 2 atom stereocenters. The highest BCUT2D eigenvalue weighted by molar-refractivity contribution is 6.10. The molecule has 0 radical (unpaired) electrons. The lowest BCUT2D eigenvalue weighted by Gasteiger charge is -2.30. The highest BCUT2D eigenvalue weighted by Gasteiger charge is 2.38. The van der Waals surface area contributed by atoms with Crippen molar-refractivity contribution in [1.29, 1.82) is 0 Å². The number of rotatable bonds is 5. The maximum atomic E-state index is 5.22. The lowest BCUT2D eigenvalue weighted by atomic mass is 9.86. The van der Waals surface area contributed by atoms with Crippen LogP contribution in [0.4, 0.5) is 11.4 Å². The molecule has 0 amide bonds. The van der Waals surface area contributed by atoms with Crippen molar-refractivity contribution in [1.82, 2.24) is 14.5 Å². The Morgan fingerprint density at radius 1 is 0.463 bits per heavy atom. The van der Waals surface area contributed by atoms with Gasteiger partial charge in [0.2, 0.25) is 5.95 Å². The number of nitrogens with zero attached hydrogens (tertiary/aromatic N) is 4. The van der Waals surface area contributed by atoms with Gasteiger partial charge >= 0.3 is 0 Å². The van der Waals surface area contributed by atoms with E-state index < -0.39 is 0 Å². The van der Waals surface area contributed by atoms with Gasteiger partial charge in [-0.25, -0.2) is 9.97 Å². The Hall–Kier alpha value is -7.04. The molecule has 0 bridgehead atoms. The summed E-state index contributed by atoms with van der Waals surface area (Å²) in [7, 11) is 0. The predicted molar refractivity (Wildman–Crippen MR) is 223 cm³/mol. The van der Waals surface area contributed by atoms with Gasteiger partial charge in [0, 0.05) is 44.6 Å². The average Bonchev–Trinajstić information content (AvgIpc) is 3.76. The Bertz CT molecular complexity index is 2890. The van der Waals surface area contributed by atoms with E-state index in [4.69, 9.17) is 9.97 Å². The second-order valence-electron chi connectivity index (χ2n) is 14.2. The first-order valence-electron chi connectivity index (χ1n) is 18.6. The minimum atomic E-state index is 0.190. The van der Waals surface area contributed by atoms with Crippen LogP contribution in [-0.4, -0.2) is 20.6 Å². The fourth-order valence-electron chi connectivity index (χ4n) is 8.66. The molecule has 2 unspecified atom stereocenters. The number of aromatic nitrogens is 3. The van der Waals surface area contributed by atoms with E-state index in [-0.39, 0.29) is 12.0 Å². The smallest absolute Gasteiger partial charge is 0.235 e. The Kier molecular flexibility index (Phi) is 6.96. The summed E-state index contributed by atoms with van der Waals surface area (Å²) in [4.78, 5) is 13.0. The van der Waals surface area contributed by atoms with Crippen molar-refractivity contribution in [3.8, 4) is 28.5 Å². The molecule has 0 saturated carbocycles. The van der Waals surface area contributed by atoms with Crippen molar-refractivity contribution >= 4 is 49.5 Å². The minimum absolute atomic E-state index is 0.190. The first-order chi connectivity index (χ1) is 26.8. The molecule has 11 rings (SSSR count). The van der Waals surface area contributed by atoms with Crippen molar-refractivity contribution in [2.75, 3.05) is 4.90 Å². The largest absolute Gasteiger partial charge is 0.333 e. The third kappa shape index (κ3) is 4.84. The zero-order chi connectivity index (χ0) is 35.6. The van der Waals surface area contributed by atoms with Crippen molar-refractivity contribution in [2.45, 2.75) is 12.0 Å². The summed E-state index contributed by atoms with van der Waals surface area (Å²) in [6.07, 6.45) is 7.21. The fraction of sp³-hybridized carbons (Fsp3) is 0.0400. The van der Waals surface area contributed by atoms with Crippen LogP contribution in [-0.2, 0) is 0 Å². The summed E-state index contributed by atoms with van der Waals surface area (Å²) in [5.41, 5.74) is 12.4. The second-order valence-corrected chi connectivity index (χ2v) is 14.2. The molecule has 2 aliphatic rings. The van der Waals surface area contributed by atoms with Crippen LogP contribution in [0.15, 0.2) is 194 Å². The van der Waals surface area contributed by atoms with E-state index in [0.717, 1.165) is 33.5 Å². The molecule has 0 saturated heterocycles. The van der Waals surface area contributed by atoms with E-state index in [2.05, 4.69) is 191 Å². The normalized spacial score (nSPS) is 16.1. The third-order valence-electron chi connectivity index (χ3n) is 11.1. The van der Waals surface area contributed by atoms with Crippen LogP contribution in [0, 0.1) is 0 Å². The van der Waals surface area contributed by atoms with E-state index in [9.17, 15) is 0 Å². The molecule has 254 valence electrons. The molecule has 0 spiro atoms. The topological polar surface area (TPSA) is 34.0 Å². The van der Waals surface area contributed by atoms with Gasteiger partial charge in [-0.05, 0) is 58.5 Å². The summed E-state index contributed by atoms with van der Waals surface area (Å²) >= 11 is 0. The highest BCUT2D eigenvalue weighted by atomic mass is 15.2. The summed E-state index contributed by atoms with van der Waals surface area (Å²) in [5, 5.41) is 4.89. The summed E-state index contributed by atoms with van der Waals surface area (Å²) in [6.45, 7) is 0. The first kappa shape index (κ1) is 30.6. The Labute approximate surface area is 313 Å². The van der Waals surface area contributed by atoms with Gasteiger partial charge in [-0.15, -0.1) is 0 Å². The number of fused-ring (bicyclic) bond motifs is 7. The molecule has 4 nitrogen and oxygen atoms in total. The van der Waals surface area contributed by atoms with Crippen molar-refractivity contribution < 1.29 is 0 Å². The molecule has 3 heterocycles. The zero-order valence-electron chi connectivity index (χ0n) is 29.4. The van der Waals surface area contributed by atoms with E-state index >= 15 is 0 Å². The molecule has 1 aliphatic carbocycles. The van der Waals surface area contributed by atoms with Gasteiger partial charge < -0.3 is 4.90 Å². The van der Waals surface area contributed by atoms with Crippen molar-refractivity contribution in [3.05, 3.63) is 205 Å². The standard InChI is InChI=1S/C50H34N4/c1-3-15-34(16-4-1)43-32-44(35-17-5-2-6-18-35)52-50(51-43)54-47-24-12-10-22-40(47)42-31-37(27-29-49(42)54)36-26-28-48-41(30-36)39-21-9-11-23-46(39)53(48)45-25-13-19-33-14-7-8-20-38(33)45/h1-32,41,48H. The number of anilines is 2. The maximum Gasteiger partial charge on any atom is 0.235 e. The van der Waals surface area contributed by atoms with Crippen LogP contribution in [0.1, 0.15) is 17.0 Å². The van der Waals surface area contributed by atoms with Crippen LogP contribution >= 0.6 is 0 Å². The minimum Gasteiger partial charge on any atom is -0.333 e. The Balaban J connectivity index is 1.04. The lowest BCUT2D eigenvalue weighted by molar-refractivity contribution is 0.748. The second kappa shape index (κ2) is 12.3.